The molecule has 132 valence electrons. The number of amides is 1. The zero-order chi connectivity index (χ0) is 17.7. The number of nitrogens with zero attached hydrogens (tertiary/aromatic N) is 1. The molecule has 1 aromatic carbocycles. The first kappa shape index (κ1) is 17.9. The van der Waals surface area contributed by atoms with Crippen molar-refractivity contribution in [3.8, 4) is 17.2 Å². The Morgan fingerprint density at radius 3 is 2.21 bits per heavy atom. The molecule has 1 aliphatic rings. The summed E-state index contributed by atoms with van der Waals surface area (Å²) in [5, 5.41) is 0. The summed E-state index contributed by atoms with van der Waals surface area (Å²) in [6, 6.07) is 3.10. The van der Waals surface area contributed by atoms with E-state index in [0.717, 1.165) is 12.8 Å². The maximum absolute atomic E-state index is 12.9. The van der Waals surface area contributed by atoms with Gasteiger partial charge in [0.1, 0.15) is 0 Å². The Morgan fingerprint density at radius 1 is 1.08 bits per heavy atom. The van der Waals surface area contributed by atoms with Crippen LogP contribution in [0.4, 0.5) is 0 Å². The monoisotopic (exact) mass is 337 g/mol. The van der Waals surface area contributed by atoms with Crippen molar-refractivity contribution in [1.82, 2.24) is 4.90 Å². The molecule has 1 aliphatic heterocycles. The van der Waals surface area contributed by atoms with Crippen molar-refractivity contribution in [3.63, 3.8) is 0 Å². The van der Waals surface area contributed by atoms with Gasteiger partial charge in [-0.3, -0.25) is 9.59 Å². The summed E-state index contributed by atoms with van der Waals surface area (Å²) in [6.07, 6.45) is 1.84. The molecule has 1 amide bonds. The number of benzene rings is 1. The van der Waals surface area contributed by atoms with E-state index in [0.29, 0.717) is 29.4 Å². The van der Waals surface area contributed by atoms with Crippen LogP contribution in [0.15, 0.2) is 12.1 Å². The van der Waals surface area contributed by atoms with E-state index in [9.17, 15) is 9.59 Å². The number of hydrogen-bond donors (Lipinski definition) is 0. The summed E-state index contributed by atoms with van der Waals surface area (Å²) in [5.41, 5.74) is 0.432. The Morgan fingerprint density at radius 2 is 1.71 bits per heavy atom. The van der Waals surface area contributed by atoms with Gasteiger partial charge in [0.2, 0.25) is 5.75 Å². The third-order valence-corrected chi connectivity index (χ3v) is 4.18. The fraction of sp³-hybridized carbons (Fsp3) is 0.529. The SMILES string of the molecule is COC(=O)C[C@@H]1CCCN1C(=O)c1cc(OC)c(OC)c(OC)c1. The molecule has 0 aliphatic carbocycles. The van der Waals surface area contributed by atoms with Crippen LogP contribution in [0.2, 0.25) is 0 Å². The summed E-state index contributed by atoms with van der Waals surface area (Å²) >= 11 is 0. The number of rotatable bonds is 6. The molecule has 1 heterocycles. The summed E-state index contributed by atoms with van der Waals surface area (Å²) < 4.78 is 20.6. The molecule has 1 atom stereocenters. The fourth-order valence-corrected chi connectivity index (χ4v) is 2.96. The van der Waals surface area contributed by atoms with Gasteiger partial charge < -0.3 is 23.8 Å². The maximum atomic E-state index is 12.9. The molecule has 0 aromatic heterocycles. The van der Waals surface area contributed by atoms with Gasteiger partial charge in [0.05, 0.1) is 34.9 Å². The molecule has 1 aromatic rings. The average Bonchev–Trinajstić information content (AvgIpc) is 3.07. The number of likely N-dealkylation sites (tertiary alicyclic amines) is 1. The van der Waals surface area contributed by atoms with E-state index in [1.54, 1.807) is 17.0 Å². The van der Waals surface area contributed by atoms with E-state index < -0.39 is 0 Å². The zero-order valence-electron chi connectivity index (χ0n) is 14.5. The lowest BCUT2D eigenvalue weighted by atomic mass is 10.1. The molecule has 0 N–H and O–H groups in total. The summed E-state index contributed by atoms with van der Waals surface area (Å²) in [4.78, 5) is 26.1. The van der Waals surface area contributed by atoms with Crippen LogP contribution in [0, 0.1) is 0 Å². The van der Waals surface area contributed by atoms with Gasteiger partial charge in [-0.1, -0.05) is 0 Å². The van der Waals surface area contributed by atoms with Crippen LogP contribution in [0.25, 0.3) is 0 Å². The molecule has 24 heavy (non-hydrogen) atoms. The van der Waals surface area contributed by atoms with Crippen LogP contribution in [-0.2, 0) is 9.53 Å². The van der Waals surface area contributed by atoms with E-state index in [2.05, 4.69) is 0 Å². The van der Waals surface area contributed by atoms with Gasteiger partial charge in [0.15, 0.2) is 11.5 Å². The van der Waals surface area contributed by atoms with Crippen molar-refractivity contribution in [3.05, 3.63) is 17.7 Å². The third kappa shape index (κ3) is 3.55. The van der Waals surface area contributed by atoms with Crippen LogP contribution in [0.5, 0.6) is 17.2 Å². The van der Waals surface area contributed by atoms with Gasteiger partial charge in [-0.25, -0.2) is 0 Å². The van der Waals surface area contributed by atoms with Gasteiger partial charge in [0, 0.05) is 18.2 Å². The smallest absolute Gasteiger partial charge is 0.307 e. The minimum absolute atomic E-state index is 0.149. The predicted octanol–water partition coefficient (Wildman–Crippen LogP) is 1.88. The molecule has 0 bridgehead atoms. The summed E-state index contributed by atoms with van der Waals surface area (Å²) in [5.74, 6) is 0.794. The number of carbonyl (C=O) groups excluding carboxylic acids is 2. The van der Waals surface area contributed by atoms with Gasteiger partial charge >= 0.3 is 5.97 Å². The first-order valence-corrected chi connectivity index (χ1v) is 7.73. The first-order valence-electron chi connectivity index (χ1n) is 7.73. The van der Waals surface area contributed by atoms with Crippen LogP contribution in [0.3, 0.4) is 0 Å². The van der Waals surface area contributed by atoms with Crippen molar-refractivity contribution >= 4 is 11.9 Å². The molecule has 7 heteroatoms. The second-order valence-corrected chi connectivity index (χ2v) is 5.49. The summed E-state index contributed by atoms with van der Waals surface area (Å²) in [6.45, 7) is 0.608. The number of hydrogen-bond acceptors (Lipinski definition) is 6. The number of methoxy groups -OCH3 is 4. The lowest BCUT2D eigenvalue weighted by Gasteiger charge is -2.24. The molecule has 7 nitrogen and oxygen atoms in total. The Kier molecular flexibility index (Phi) is 5.89. The minimum atomic E-state index is -0.315. The zero-order valence-corrected chi connectivity index (χ0v) is 14.5. The summed E-state index contributed by atoms with van der Waals surface area (Å²) in [7, 11) is 5.86. The molecule has 1 saturated heterocycles. The largest absolute Gasteiger partial charge is 0.493 e. The topological polar surface area (TPSA) is 74.3 Å². The van der Waals surface area contributed by atoms with Crippen molar-refractivity contribution in [2.24, 2.45) is 0 Å². The molecular weight excluding hydrogens is 314 g/mol. The number of ether oxygens (including phenoxy) is 4. The average molecular weight is 337 g/mol. The predicted molar refractivity (Wildman–Crippen MR) is 86.8 cm³/mol. The van der Waals surface area contributed by atoms with Crippen molar-refractivity contribution in [1.29, 1.82) is 0 Å². The van der Waals surface area contributed by atoms with Gasteiger partial charge in [0.25, 0.3) is 5.91 Å². The van der Waals surface area contributed by atoms with E-state index in [-0.39, 0.29) is 24.3 Å². The highest BCUT2D eigenvalue weighted by molar-refractivity contribution is 5.96. The van der Waals surface area contributed by atoms with E-state index in [1.807, 2.05) is 0 Å². The Hall–Kier alpha value is -2.44. The van der Waals surface area contributed by atoms with Crippen molar-refractivity contribution in [2.45, 2.75) is 25.3 Å². The fourth-order valence-electron chi connectivity index (χ4n) is 2.96. The normalized spacial score (nSPS) is 16.7. The Labute approximate surface area is 141 Å². The van der Waals surface area contributed by atoms with E-state index >= 15 is 0 Å². The van der Waals surface area contributed by atoms with Crippen LogP contribution < -0.4 is 14.2 Å². The van der Waals surface area contributed by atoms with Crippen LogP contribution in [-0.4, -0.2) is 57.8 Å². The molecule has 2 rings (SSSR count). The molecule has 0 unspecified atom stereocenters. The van der Waals surface area contributed by atoms with Gasteiger partial charge in [-0.2, -0.15) is 0 Å². The molecular formula is C17H23NO6. The van der Waals surface area contributed by atoms with Gasteiger partial charge in [-0.05, 0) is 25.0 Å². The van der Waals surface area contributed by atoms with E-state index in [1.165, 1.54) is 28.4 Å². The lowest BCUT2D eigenvalue weighted by molar-refractivity contribution is -0.141. The molecule has 0 spiro atoms. The quantitative estimate of drug-likeness (QED) is 0.738. The van der Waals surface area contributed by atoms with Crippen LogP contribution >= 0.6 is 0 Å². The maximum Gasteiger partial charge on any atom is 0.307 e. The lowest BCUT2D eigenvalue weighted by Crippen LogP contribution is -2.37. The minimum Gasteiger partial charge on any atom is -0.493 e. The molecule has 0 saturated carbocycles. The highest BCUT2D eigenvalue weighted by atomic mass is 16.5. The second kappa shape index (κ2) is 7.90. The highest BCUT2D eigenvalue weighted by Crippen LogP contribution is 2.39. The second-order valence-electron chi connectivity index (χ2n) is 5.49. The Bertz CT molecular complexity index is 590. The first-order chi connectivity index (χ1) is 11.5. The van der Waals surface area contributed by atoms with Crippen molar-refractivity contribution in [2.75, 3.05) is 35.0 Å². The number of carbonyl (C=O) groups is 2. The number of esters is 1. The van der Waals surface area contributed by atoms with Crippen molar-refractivity contribution < 1.29 is 28.5 Å². The highest BCUT2D eigenvalue weighted by Gasteiger charge is 2.32. The van der Waals surface area contributed by atoms with E-state index in [4.69, 9.17) is 18.9 Å². The standard InChI is InChI=1S/C17H23NO6/c1-21-13-8-11(9-14(22-2)16(13)24-4)17(20)18-7-5-6-12(18)10-15(19)23-3/h8-9,12H,5-7,10H2,1-4H3/t12-/m0/s1. The molecule has 1 fully saturated rings. The third-order valence-electron chi connectivity index (χ3n) is 4.18. The van der Waals surface area contributed by atoms with Gasteiger partial charge in [-0.15, -0.1) is 0 Å². The molecule has 0 radical (unpaired) electrons. The Balaban J connectivity index is 2.30. The van der Waals surface area contributed by atoms with Crippen LogP contribution in [0.1, 0.15) is 29.6 Å².